The van der Waals surface area contributed by atoms with Gasteiger partial charge in [0.25, 0.3) is 0 Å². The normalized spacial score (nSPS) is 1.50. The van der Waals surface area contributed by atoms with Gasteiger partial charge in [0.15, 0.2) is 0 Å². The molecular formula is KO2Si+. The van der Waals surface area contributed by atoms with Crippen molar-refractivity contribution in [2.45, 2.75) is 0 Å². The quantitative estimate of drug-likeness (QED) is 0.289. The molecule has 0 aromatic carbocycles. The largest absolute Gasteiger partial charge is 2.00 e. The maximum atomic E-state index is 8.06. The van der Waals surface area contributed by atoms with Gasteiger partial charge < -0.3 is 5.48 Å². The molecule has 0 saturated carbocycles. The van der Waals surface area contributed by atoms with Gasteiger partial charge in [-0.1, -0.05) is 0 Å². The second kappa shape index (κ2) is 23.1. The van der Waals surface area contributed by atoms with Crippen molar-refractivity contribution in [3.8, 4) is 0 Å². The van der Waals surface area contributed by atoms with Crippen molar-refractivity contribution in [2.24, 2.45) is 0 Å². The van der Waals surface area contributed by atoms with Gasteiger partial charge in [-0.3, -0.25) is 0 Å². The Balaban J connectivity index is -0.00000000500. The van der Waals surface area contributed by atoms with Gasteiger partial charge in [0, 0.05) is 0 Å². The molecule has 0 unspecified atom stereocenters. The van der Waals surface area contributed by atoms with Crippen LogP contribution in [-0.4, -0.2) is 10.1 Å². The molecule has 4 heavy (non-hydrogen) atoms. The van der Waals surface area contributed by atoms with Crippen LogP contribution in [0.3, 0.4) is 0 Å². The topological polar surface area (TPSA) is 45.6 Å². The van der Waals surface area contributed by atoms with Crippen molar-refractivity contribution in [3.63, 3.8) is 0 Å². The first-order valence-corrected chi connectivity index (χ1v) is 0.612. The van der Waals surface area contributed by atoms with E-state index in [4.69, 9.17) is 4.46 Å². The van der Waals surface area contributed by atoms with Gasteiger partial charge in [-0.25, -0.2) is 0 Å². The molecule has 2 nitrogen and oxygen atoms in total. The second-order valence-corrected chi connectivity index (χ2v) is 0. The van der Waals surface area contributed by atoms with E-state index in [2.05, 4.69) is 0 Å². The van der Waals surface area contributed by atoms with Crippen molar-refractivity contribution in [3.05, 3.63) is 0 Å². The van der Waals surface area contributed by atoms with Crippen LogP contribution in [0.2, 0.25) is 0 Å². The molecule has 0 fully saturated rings. The van der Waals surface area contributed by atoms with E-state index in [0.717, 1.165) is 0 Å². The van der Waals surface area contributed by atoms with E-state index < -0.39 is 0 Å². The third kappa shape index (κ3) is 9.48. The molecule has 0 aliphatic heterocycles. The van der Waals surface area contributed by atoms with Crippen LogP contribution in [0.4, 0.5) is 0 Å². The van der Waals surface area contributed by atoms with Crippen molar-refractivity contribution in [2.75, 3.05) is 0 Å². The summed E-state index contributed by atoms with van der Waals surface area (Å²) in [6.45, 7) is 0. The smallest absolute Gasteiger partial charge is 1.00 e. The molecule has 0 aromatic heterocycles. The monoisotopic (exact) mass is 98.9 g/mol. The van der Waals surface area contributed by atoms with Crippen LogP contribution in [-0.2, 0) is 9.94 Å². The van der Waals surface area contributed by atoms with Gasteiger partial charge in [-0.2, -0.15) is 0 Å². The Bertz CT molecular complexity index is 6.00. The van der Waals surface area contributed by atoms with Gasteiger partial charge in [0.2, 0.25) is 0 Å². The van der Waals surface area contributed by atoms with E-state index in [1.807, 2.05) is 0 Å². The Morgan fingerprint density at radius 2 is 1.25 bits per heavy atom. The molecule has 0 aliphatic carbocycles. The van der Waals surface area contributed by atoms with E-state index in [1.54, 1.807) is 10.1 Å². The van der Waals surface area contributed by atoms with Gasteiger partial charge in [-0.05, 0) is 0 Å². The second-order valence-electron chi connectivity index (χ2n) is 0. The van der Waals surface area contributed by atoms with Crippen LogP contribution < -0.4 is 51.4 Å². The van der Waals surface area contributed by atoms with Crippen LogP contribution in [0.15, 0.2) is 0 Å². The number of hydrogen-bond acceptors (Lipinski definition) is 1. The zero-order valence-electron chi connectivity index (χ0n) is 2.32. The first-order valence-electron chi connectivity index (χ1n) is 0.204. The molecule has 0 heterocycles. The Hall–Kier alpha value is 1.61. The minimum Gasteiger partial charge on any atom is -2.00 e. The molecule has 0 amide bonds. The molecule has 0 atom stereocenters. The SMILES string of the molecule is O=[Si+2].[K+].[O-2]. The van der Waals surface area contributed by atoms with Gasteiger partial charge in [0.05, 0.1) is 0 Å². The molecule has 0 bridgehead atoms. The number of rotatable bonds is 0. The Morgan fingerprint density at radius 3 is 1.25 bits per heavy atom. The summed E-state index contributed by atoms with van der Waals surface area (Å²) in [6.07, 6.45) is 0. The van der Waals surface area contributed by atoms with Crippen molar-refractivity contribution in [1.29, 1.82) is 0 Å². The Kier molecular flexibility index (Phi) is 101. The molecular weight excluding hydrogens is 99.2 g/mol. The van der Waals surface area contributed by atoms with Gasteiger partial charge in [-0.15, -0.1) is 0 Å². The summed E-state index contributed by atoms with van der Waals surface area (Å²) in [4.78, 5) is 0. The van der Waals surface area contributed by atoms with E-state index in [0.29, 0.717) is 0 Å². The Morgan fingerprint density at radius 1 is 1.25 bits per heavy atom. The fourth-order valence-corrected chi connectivity index (χ4v) is 0. The summed E-state index contributed by atoms with van der Waals surface area (Å²) < 4.78 is 8.06. The average molecular weight is 99.2 g/mol. The van der Waals surface area contributed by atoms with E-state index in [1.165, 1.54) is 0 Å². The van der Waals surface area contributed by atoms with E-state index in [9.17, 15) is 0 Å². The fraction of sp³-hybridized carbons (Fsp3) is 0. The molecule has 0 aliphatic rings. The first kappa shape index (κ1) is 17.5. The van der Waals surface area contributed by atoms with Crippen molar-refractivity contribution < 1.29 is 61.3 Å². The molecule has 0 rings (SSSR count). The molecule has 16 valence electrons. The van der Waals surface area contributed by atoms with Crippen LogP contribution in [0.1, 0.15) is 0 Å². The van der Waals surface area contributed by atoms with Crippen molar-refractivity contribution in [1.82, 2.24) is 0 Å². The number of hydrogen-bond donors (Lipinski definition) is 0. The third-order valence-electron chi connectivity index (χ3n) is 0. The molecule has 4 heteroatoms. The molecule has 0 radical (unpaired) electrons. The zero-order chi connectivity index (χ0) is 2.00. The standard InChI is InChI=1S/K.OSi.O/c;1-2;/q+1;+2;-2. The summed E-state index contributed by atoms with van der Waals surface area (Å²) in [5, 5.41) is 0. The maximum absolute atomic E-state index is 8.06. The average Bonchev–Trinajstić information content (AvgIpc) is 1.00. The first-order chi connectivity index (χ1) is 1.00. The summed E-state index contributed by atoms with van der Waals surface area (Å²) >= 11 is 0. The maximum Gasteiger partial charge on any atom is 1.00 e. The molecule has 0 saturated heterocycles. The van der Waals surface area contributed by atoms with E-state index in [-0.39, 0.29) is 56.9 Å². The summed E-state index contributed by atoms with van der Waals surface area (Å²) in [5.41, 5.74) is 0. The van der Waals surface area contributed by atoms with Crippen LogP contribution in [0.5, 0.6) is 0 Å². The van der Waals surface area contributed by atoms with Gasteiger partial charge >= 0.3 is 66.0 Å². The summed E-state index contributed by atoms with van der Waals surface area (Å²) in [5.74, 6) is 0. The van der Waals surface area contributed by atoms with Gasteiger partial charge in [0.1, 0.15) is 0 Å². The molecule has 0 aromatic rings. The molecule has 0 N–H and O–H groups in total. The van der Waals surface area contributed by atoms with Crippen LogP contribution >= 0.6 is 0 Å². The van der Waals surface area contributed by atoms with Crippen LogP contribution in [0.25, 0.3) is 0 Å². The summed E-state index contributed by atoms with van der Waals surface area (Å²) in [6, 6.07) is 0. The zero-order valence-corrected chi connectivity index (χ0v) is 6.44. The fourth-order valence-electron chi connectivity index (χ4n) is 0. The minimum atomic E-state index is 0. The van der Waals surface area contributed by atoms with E-state index >= 15 is 0 Å². The predicted octanol–water partition coefficient (Wildman–Crippen LogP) is -3.61. The third-order valence-corrected chi connectivity index (χ3v) is 0. The molecule has 0 spiro atoms. The Labute approximate surface area is 70.2 Å². The van der Waals surface area contributed by atoms with Crippen LogP contribution in [0, 0.1) is 0 Å². The minimum absolute atomic E-state index is 0. The van der Waals surface area contributed by atoms with Crippen molar-refractivity contribution >= 4 is 10.1 Å². The predicted molar refractivity (Wildman–Crippen MR) is 7.13 cm³/mol. The summed E-state index contributed by atoms with van der Waals surface area (Å²) in [7, 11) is 1.72.